The van der Waals surface area contributed by atoms with Crippen LogP contribution in [0.3, 0.4) is 0 Å². The first-order valence-electron chi connectivity index (χ1n) is 7.29. The Labute approximate surface area is 133 Å². The van der Waals surface area contributed by atoms with Gasteiger partial charge in [-0.1, -0.05) is 35.4 Å². The predicted molar refractivity (Wildman–Crippen MR) is 86.1 cm³/mol. The molecule has 118 valence electrons. The number of rotatable bonds is 6. The van der Waals surface area contributed by atoms with Crippen molar-refractivity contribution in [3.63, 3.8) is 0 Å². The Bertz CT molecular complexity index is 772. The van der Waals surface area contributed by atoms with E-state index in [9.17, 15) is 0 Å². The Balaban J connectivity index is 1.82. The summed E-state index contributed by atoms with van der Waals surface area (Å²) in [5.74, 6) is 1.63. The number of nitrogens with zero attached hydrogens (tertiary/aromatic N) is 2. The molecule has 0 spiro atoms. The highest BCUT2D eigenvalue weighted by molar-refractivity contribution is 5.60. The minimum atomic E-state index is 0.0300. The molecule has 0 aliphatic rings. The summed E-state index contributed by atoms with van der Waals surface area (Å²) in [5, 5.41) is 7.53. The lowest BCUT2D eigenvalue weighted by atomic mass is 10.2. The summed E-state index contributed by atoms with van der Waals surface area (Å²) in [6, 6.07) is 15.4. The van der Waals surface area contributed by atoms with Gasteiger partial charge in [-0.25, -0.2) is 0 Å². The van der Waals surface area contributed by atoms with Crippen LogP contribution in [-0.2, 0) is 6.61 Å². The monoisotopic (exact) mass is 311 g/mol. The van der Waals surface area contributed by atoms with Crippen LogP contribution in [0.5, 0.6) is 11.5 Å². The number of aromatic nitrogens is 2. The highest BCUT2D eigenvalue weighted by Crippen LogP contribution is 2.33. The maximum Gasteiger partial charge on any atom is 0.313 e. The molecule has 0 aliphatic carbocycles. The second kappa shape index (κ2) is 6.83. The molecule has 1 heterocycles. The SMILES string of the molecule is CCOc1cc(-c2nnc(N)o2)ccc1OCc1ccccc1. The molecule has 1 aromatic heterocycles. The summed E-state index contributed by atoms with van der Waals surface area (Å²) in [7, 11) is 0. The maximum atomic E-state index is 5.86. The molecule has 0 fully saturated rings. The predicted octanol–water partition coefficient (Wildman–Crippen LogP) is 3.30. The lowest BCUT2D eigenvalue weighted by Gasteiger charge is -2.12. The summed E-state index contributed by atoms with van der Waals surface area (Å²) in [4.78, 5) is 0. The normalized spacial score (nSPS) is 10.5. The topological polar surface area (TPSA) is 83.4 Å². The Kier molecular flexibility index (Phi) is 4.42. The first kappa shape index (κ1) is 14.9. The Morgan fingerprint density at radius 3 is 2.52 bits per heavy atom. The van der Waals surface area contributed by atoms with Crippen molar-refractivity contribution >= 4 is 6.01 Å². The van der Waals surface area contributed by atoms with Gasteiger partial charge in [-0.05, 0) is 30.7 Å². The third kappa shape index (κ3) is 3.60. The molecule has 0 saturated carbocycles. The third-order valence-corrected chi connectivity index (χ3v) is 3.17. The van der Waals surface area contributed by atoms with Crippen LogP contribution in [-0.4, -0.2) is 16.8 Å². The zero-order valence-electron chi connectivity index (χ0n) is 12.7. The molecular formula is C17H17N3O3. The molecule has 23 heavy (non-hydrogen) atoms. The van der Waals surface area contributed by atoms with Crippen molar-refractivity contribution in [2.24, 2.45) is 0 Å². The van der Waals surface area contributed by atoms with Gasteiger partial charge < -0.3 is 19.6 Å². The second-order valence-electron chi connectivity index (χ2n) is 4.81. The van der Waals surface area contributed by atoms with Gasteiger partial charge in [0.2, 0.25) is 5.89 Å². The Hall–Kier alpha value is -3.02. The standard InChI is InChI=1S/C17H17N3O3/c1-2-21-15-10-13(16-19-20-17(18)23-16)8-9-14(15)22-11-12-6-4-3-5-7-12/h3-10H,2,11H2,1H3,(H2,18,20). The van der Waals surface area contributed by atoms with Crippen molar-refractivity contribution in [2.45, 2.75) is 13.5 Å². The van der Waals surface area contributed by atoms with Crippen molar-refractivity contribution < 1.29 is 13.9 Å². The Morgan fingerprint density at radius 1 is 1.00 bits per heavy atom. The molecule has 0 aliphatic heterocycles. The molecule has 3 rings (SSSR count). The van der Waals surface area contributed by atoms with Gasteiger partial charge >= 0.3 is 6.01 Å². The molecule has 2 aromatic carbocycles. The first-order valence-corrected chi connectivity index (χ1v) is 7.29. The van der Waals surface area contributed by atoms with Gasteiger partial charge in [0.25, 0.3) is 0 Å². The molecule has 0 amide bonds. The highest BCUT2D eigenvalue weighted by Gasteiger charge is 2.12. The molecular weight excluding hydrogens is 294 g/mol. The fraction of sp³-hybridized carbons (Fsp3) is 0.176. The van der Waals surface area contributed by atoms with Crippen molar-refractivity contribution in [3.8, 4) is 23.0 Å². The van der Waals surface area contributed by atoms with E-state index in [-0.39, 0.29) is 6.01 Å². The van der Waals surface area contributed by atoms with Crippen LogP contribution in [0.4, 0.5) is 6.01 Å². The van der Waals surface area contributed by atoms with Crippen LogP contribution in [0.1, 0.15) is 12.5 Å². The zero-order valence-corrected chi connectivity index (χ0v) is 12.7. The van der Waals surface area contributed by atoms with Crippen LogP contribution in [0.25, 0.3) is 11.5 Å². The van der Waals surface area contributed by atoms with Crippen LogP contribution >= 0.6 is 0 Å². The summed E-state index contributed by atoms with van der Waals surface area (Å²) in [5.41, 5.74) is 7.27. The number of anilines is 1. The van der Waals surface area contributed by atoms with Crippen molar-refractivity contribution in [1.82, 2.24) is 10.2 Å². The highest BCUT2D eigenvalue weighted by atomic mass is 16.5. The molecule has 0 saturated heterocycles. The zero-order chi connectivity index (χ0) is 16.1. The number of ether oxygens (including phenoxy) is 2. The minimum Gasteiger partial charge on any atom is -0.490 e. The van der Waals surface area contributed by atoms with Crippen molar-refractivity contribution in [3.05, 3.63) is 54.1 Å². The fourth-order valence-electron chi connectivity index (χ4n) is 2.12. The number of nitrogen functional groups attached to an aromatic ring is 1. The van der Waals surface area contributed by atoms with Gasteiger partial charge in [-0.15, -0.1) is 5.10 Å². The minimum absolute atomic E-state index is 0.0300. The molecule has 0 unspecified atom stereocenters. The van der Waals surface area contributed by atoms with Gasteiger partial charge in [-0.2, -0.15) is 0 Å². The number of benzene rings is 2. The van der Waals surface area contributed by atoms with E-state index in [1.807, 2.05) is 49.4 Å². The lowest BCUT2D eigenvalue weighted by Crippen LogP contribution is -2.00. The molecule has 0 radical (unpaired) electrons. The number of hydrogen-bond donors (Lipinski definition) is 1. The summed E-state index contributed by atoms with van der Waals surface area (Å²) >= 11 is 0. The number of hydrogen-bond acceptors (Lipinski definition) is 6. The van der Waals surface area contributed by atoms with E-state index in [1.165, 1.54) is 0 Å². The largest absolute Gasteiger partial charge is 0.490 e. The fourth-order valence-corrected chi connectivity index (χ4v) is 2.12. The molecule has 0 atom stereocenters. The van der Waals surface area contributed by atoms with Gasteiger partial charge in [0.05, 0.1) is 6.61 Å². The van der Waals surface area contributed by atoms with E-state index in [0.29, 0.717) is 30.6 Å². The molecule has 0 bridgehead atoms. The van der Waals surface area contributed by atoms with Crippen molar-refractivity contribution in [2.75, 3.05) is 12.3 Å². The van der Waals surface area contributed by atoms with E-state index in [0.717, 1.165) is 11.1 Å². The van der Waals surface area contributed by atoms with Crippen LogP contribution < -0.4 is 15.2 Å². The van der Waals surface area contributed by atoms with Gasteiger partial charge in [0.15, 0.2) is 11.5 Å². The van der Waals surface area contributed by atoms with Crippen LogP contribution in [0, 0.1) is 0 Å². The van der Waals surface area contributed by atoms with Crippen LogP contribution in [0.2, 0.25) is 0 Å². The maximum absolute atomic E-state index is 5.86. The molecule has 3 aromatic rings. The quantitative estimate of drug-likeness (QED) is 0.752. The van der Waals surface area contributed by atoms with Crippen molar-refractivity contribution in [1.29, 1.82) is 0 Å². The van der Waals surface area contributed by atoms with E-state index in [4.69, 9.17) is 19.6 Å². The van der Waals surface area contributed by atoms with Gasteiger partial charge in [0.1, 0.15) is 6.61 Å². The lowest BCUT2D eigenvalue weighted by molar-refractivity contribution is 0.269. The summed E-state index contributed by atoms with van der Waals surface area (Å²) in [6.45, 7) is 2.91. The van der Waals surface area contributed by atoms with E-state index in [1.54, 1.807) is 6.07 Å². The average molecular weight is 311 g/mol. The number of nitrogens with two attached hydrogens (primary N) is 1. The van der Waals surface area contributed by atoms with Crippen LogP contribution in [0.15, 0.2) is 52.9 Å². The second-order valence-corrected chi connectivity index (χ2v) is 4.81. The first-order chi connectivity index (χ1) is 11.3. The smallest absolute Gasteiger partial charge is 0.313 e. The summed E-state index contributed by atoms with van der Waals surface area (Å²) in [6.07, 6.45) is 0. The molecule has 2 N–H and O–H groups in total. The molecule has 6 nitrogen and oxygen atoms in total. The molecule has 6 heteroatoms. The Morgan fingerprint density at radius 2 is 1.83 bits per heavy atom. The van der Waals surface area contributed by atoms with E-state index in [2.05, 4.69) is 10.2 Å². The van der Waals surface area contributed by atoms with Gasteiger partial charge in [-0.3, -0.25) is 0 Å². The third-order valence-electron chi connectivity index (χ3n) is 3.17. The van der Waals surface area contributed by atoms with E-state index >= 15 is 0 Å². The van der Waals surface area contributed by atoms with Gasteiger partial charge in [0, 0.05) is 5.56 Å². The summed E-state index contributed by atoms with van der Waals surface area (Å²) < 4.78 is 16.7. The van der Waals surface area contributed by atoms with E-state index < -0.39 is 0 Å². The average Bonchev–Trinajstić information content (AvgIpc) is 3.01.